The highest BCUT2D eigenvalue weighted by Gasteiger charge is 2.11. The zero-order valence-corrected chi connectivity index (χ0v) is 10.8. The number of amides is 1. The molecule has 1 heterocycles. The molecule has 1 aliphatic carbocycles. The highest BCUT2D eigenvalue weighted by molar-refractivity contribution is 5.90. The standard InChI is InChI=1S/C15H17N3O/c19-15(7-10-18-9-2-8-16-18)17-14-6-5-12-3-1-4-13(12)11-14/h2,5-6,8-9,11H,1,3-4,7,10H2,(H,17,19). The maximum atomic E-state index is 11.9. The van der Waals surface area contributed by atoms with Gasteiger partial charge in [-0.25, -0.2) is 0 Å². The van der Waals surface area contributed by atoms with E-state index in [1.54, 1.807) is 10.9 Å². The first-order valence-electron chi connectivity index (χ1n) is 6.70. The van der Waals surface area contributed by atoms with Gasteiger partial charge in [0, 0.05) is 31.0 Å². The minimum absolute atomic E-state index is 0.0356. The van der Waals surface area contributed by atoms with Crippen molar-refractivity contribution in [3.63, 3.8) is 0 Å². The van der Waals surface area contributed by atoms with Crippen LogP contribution in [0.2, 0.25) is 0 Å². The van der Waals surface area contributed by atoms with E-state index in [2.05, 4.69) is 22.5 Å². The van der Waals surface area contributed by atoms with Crippen molar-refractivity contribution in [2.45, 2.75) is 32.2 Å². The van der Waals surface area contributed by atoms with Gasteiger partial charge in [0.05, 0.1) is 0 Å². The van der Waals surface area contributed by atoms with Crippen LogP contribution >= 0.6 is 0 Å². The Hall–Kier alpha value is -2.10. The number of fused-ring (bicyclic) bond motifs is 1. The zero-order chi connectivity index (χ0) is 13.1. The lowest BCUT2D eigenvalue weighted by Gasteiger charge is -2.07. The van der Waals surface area contributed by atoms with E-state index in [0.29, 0.717) is 13.0 Å². The molecule has 4 heteroatoms. The molecule has 0 bridgehead atoms. The van der Waals surface area contributed by atoms with E-state index in [1.165, 1.54) is 24.0 Å². The van der Waals surface area contributed by atoms with Crippen LogP contribution in [0.5, 0.6) is 0 Å². The fraction of sp³-hybridized carbons (Fsp3) is 0.333. The van der Waals surface area contributed by atoms with Gasteiger partial charge < -0.3 is 5.32 Å². The predicted octanol–water partition coefficient (Wildman–Crippen LogP) is 2.40. The van der Waals surface area contributed by atoms with Crippen LogP contribution < -0.4 is 5.32 Å². The van der Waals surface area contributed by atoms with Gasteiger partial charge in [-0.2, -0.15) is 5.10 Å². The molecule has 1 amide bonds. The first-order valence-corrected chi connectivity index (χ1v) is 6.70. The topological polar surface area (TPSA) is 46.9 Å². The number of hydrogen-bond donors (Lipinski definition) is 1. The molecule has 3 rings (SSSR count). The first-order chi connectivity index (χ1) is 9.31. The third-order valence-corrected chi connectivity index (χ3v) is 3.51. The molecule has 1 N–H and O–H groups in total. The summed E-state index contributed by atoms with van der Waals surface area (Å²) < 4.78 is 1.77. The van der Waals surface area contributed by atoms with Crippen LogP contribution in [0.3, 0.4) is 0 Å². The van der Waals surface area contributed by atoms with Gasteiger partial charge in [-0.1, -0.05) is 6.07 Å². The van der Waals surface area contributed by atoms with Crippen LogP contribution in [-0.2, 0) is 24.2 Å². The summed E-state index contributed by atoms with van der Waals surface area (Å²) in [5.74, 6) is 0.0356. The van der Waals surface area contributed by atoms with E-state index in [4.69, 9.17) is 0 Å². The molecule has 0 atom stereocenters. The molecule has 98 valence electrons. The van der Waals surface area contributed by atoms with Crippen molar-refractivity contribution in [3.05, 3.63) is 47.8 Å². The van der Waals surface area contributed by atoms with Crippen molar-refractivity contribution < 1.29 is 4.79 Å². The highest BCUT2D eigenvalue weighted by Crippen LogP contribution is 2.24. The van der Waals surface area contributed by atoms with E-state index in [0.717, 1.165) is 12.1 Å². The van der Waals surface area contributed by atoms with Gasteiger partial charge in [-0.3, -0.25) is 9.48 Å². The summed E-state index contributed by atoms with van der Waals surface area (Å²) >= 11 is 0. The fourth-order valence-corrected chi connectivity index (χ4v) is 2.52. The number of carbonyl (C=O) groups is 1. The quantitative estimate of drug-likeness (QED) is 0.912. The van der Waals surface area contributed by atoms with E-state index < -0.39 is 0 Å². The minimum Gasteiger partial charge on any atom is -0.326 e. The summed E-state index contributed by atoms with van der Waals surface area (Å²) in [6.07, 6.45) is 7.56. The summed E-state index contributed by atoms with van der Waals surface area (Å²) in [5.41, 5.74) is 3.71. The minimum atomic E-state index is 0.0356. The van der Waals surface area contributed by atoms with Gasteiger partial charge in [-0.05, 0) is 48.6 Å². The van der Waals surface area contributed by atoms with Gasteiger partial charge in [0.2, 0.25) is 5.91 Å². The van der Waals surface area contributed by atoms with Crippen molar-refractivity contribution in [2.24, 2.45) is 0 Å². The van der Waals surface area contributed by atoms with Gasteiger partial charge in [0.25, 0.3) is 0 Å². The average molecular weight is 255 g/mol. The number of benzene rings is 1. The molecule has 1 aromatic carbocycles. The Morgan fingerprint density at radius 3 is 3.05 bits per heavy atom. The van der Waals surface area contributed by atoms with Crippen molar-refractivity contribution in [3.8, 4) is 0 Å². The predicted molar refractivity (Wildman–Crippen MR) is 73.9 cm³/mol. The maximum Gasteiger partial charge on any atom is 0.226 e. The Morgan fingerprint density at radius 2 is 2.21 bits per heavy atom. The van der Waals surface area contributed by atoms with E-state index in [-0.39, 0.29) is 5.91 Å². The fourth-order valence-electron chi connectivity index (χ4n) is 2.52. The number of rotatable bonds is 4. The number of aryl methyl sites for hydroxylation is 3. The first kappa shape index (κ1) is 12.0. The number of hydrogen-bond acceptors (Lipinski definition) is 2. The molecular weight excluding hydrogens is 238 g/mol. The molecule has 0 radical (unpaired) electrons. The van der Waals surface area contributed by atoms with E-state index >= 15 is 0 Å². The summed E-state index contributed by atoms with van der Waals surface area (Å²) in [4.78, 5) is 11.9. The normalized spacial score (nSPS) is 13.3. The molecule has 0 fully saturated rings. The second-order valence-corrected chi connectivity index (χ2v) is 4.90. The highest BCUT2D eigenvalue weighted by atomic mass is 16.1. The second kappa shape index (κ2) is 5.26. The van der Waals surface area contributed by atoms with Crippen LogP contribution in [-0.4, -0.2) is 15.7 Å². The lowest BCUT2D eigenvalue weighted by molar-refractivity contribution is -0.116. The molecule has 0 saturated heterocycles. The summed E-state index contributed by atoms with van der Waals surface area (Å²) in [6, 6.07) is 8.09. The number of nitrogens with one attached hydrogen (secondary N) is 1. The Labute approximate surface area is 112 Å². The van der Waals surface area contributed by atoms with Crippen molar-refractivity contribution in [2.75, 3.05) is 5.32 Å². The summed E-state index contributed by atoms with van der Waals surface area (Å²) in [7, 11) is 0. The van der Waals surface area contributed by atoms with Crippen molar-refractivity contribution in [1.29, 1.82) is 0 Å². The maximum absolute atomic E-state index is 11.9. The molecule has 0 spiro atoms. The third-order valence-electron chi connectivity index (χ3n) is 3.51. The number of aromatic nitrogens is 2. The molecular formula is C15H17N3O. The summed E-state index contributed by atoms with van der Waals surface area (Å²) in [6.45, 7) is 0.615. The average Bonchev–Trinajstić information content (AvgIpc) is 3.07. The van der Waals surface area contributed by atoms with Crippen LogP contribution in [0.15, 0.2) is 36.7 Å². The number of anilines is 1. The number of carbonyl (C=O) groups excluding carboxylic acids is 1. The molecule has 0 aliphatic heterocycles. The van der Waals surface area contributed by atoms with Crippen molar-refractivity contribution in [1.82, 2.24) is 9.78 Å². The Bertz CT molecular complexity index is 575. The van der Waals surface area contributed by atoms with Crippen LogP contribution in [0, 0.1) is 0 Å². The second-order valence-electron chi connectivity index (χ2n) is 4.90. The number of nitrogens with zero attached hydrogens (tertiary/aromatic N) is 2. The molecule has 19 heavy (non-hydrogen) atoms. The molecule has 1 aliphatic rings. The van der Waals surface area contributed by atoms with Crippen molar-refractivity contribution >= 4 is 11.6 Å². The van der Waals surface area contributed by atoms with Crippen LogP contribution in [0.1, 0.15) is 24.0 Å². The molecule has 1 aromatic heterocycles. The van der Waals surface area contributed by atoms with Gasteiger partial charge >= 0.3 is 0 Å². The van der Waals surface area contributed by atoms with Gasteiger partial charge in [0.15, 0.2) is 0 Å². The lowest BCUT2D eigenvalue weighted by atomic mass is 10.1. The van der Waals surface area contributed by atoms with Gasteiger partial charge in [-0.15, -0.1) is 0 Å². The van der Waals surface area contributed by atoms with E-state index in [9.17, 15) is 4.79 Å². The van der Waals surface area contributed by atoms with Crippen LogP contribution in [0.4, 0.5) is 5.69 Å². The Balaban J connectivity index is 1.57. The summed E-state index contributed by atoms with van der Waals surface area (Å²) in [5, 5.41) is 7.03. The molecule has 0 saturated carbocycles. The van der Waals surface area contributed by atoms with E-state index in [1.807, 2.05) is 18.3 Å². The monoisotopic (exact) mass is 255 g/mol. The molecule has 4 nitrogen and oxygen atoms in total. The Morgan fingerprint density at radius 1 is 1.32 bits per heavy atom. The van der Waals surface area contributed by atoms with Gasteiger partial charge in [0.1, 0.15) is 0 Å². The zero-order valence-electron chi connectivity index (χ0n) is 10.8. The molecule has 0 unspecified atom stereocenters. The van der Waals surface area contributed by atoms with Crippen LogP contribution in [0.25, 0.3) is 0 Å². The lowest BCUT2D eigenvalue weighted by Crippen LogP contribution is -2.14. The largest absolute Gasteiger partial charge is 0.326 e. The third kappa shape index (κ3) is 2.84. The smallest absolute Gasteiger partial charge is 0.226 e. The SMILES string of the molecule is O=C(CCn1cccn1)Nc1ccc2c(c1)CCC2. The molecule has 2 aromatic rings. The Kier molecular flexibility index (Phi) is 3.31.